The smallest absolute Gasteiger partial charge is 0.315 e. The summed E-state index contributed by atoms with van der Waals surface area (Å²) in [6.07, 6.45) is 0.782. The lowest BCUT2D eigenvalue weighted by Gasteiger charge is -2.19. The van der Waals surface area contributed by atoms with Crippen molar-refractivity contribution in [2.24, 2.45) is 5.92 Å². The quantitative estimate of drug-likeness (QED) is 0.720. The monoisotopic (exact) mass is 284 g/mol. The Kier molecular flexibility index (Phi) is 6.87. The molecule has 1 aromatic rings. The molecule has 2 atom stereocenters. The van der Waals surface area contributed by atoms with Gasteiger partial charge >= 0.3 is 6.03 Å². The van der Waals surface area contributed by atoms with Crippen LogP contribution in [0.2, 0.25) is 0 Å². The second-order valence-electron chi connectivity index (χ2n) is 5.28. The lowest BCUT2D eigenvalue weighted by Crippen LogP contribution is -2.45. The van der Waals surface area contributed by atoms with Crippen molar-refractivity contribution in [3.8, 4) is 0 Å². The van der Waals surface area contributed by atoms with E-state index < -0.39 is 0 Å². The molecule has 5 heteroatoms. The van der Waals surface area contributed by atoms with Crippen molar-refractivity contribution in [3.63, 3.8) is 0 Å². The van der Waals surface area contributed by atoms with E-state index in [4.69, 9.17) is 0 Å². The fourth-order valence-corrected chi connectivity index (χ4v) is 2.69. The zero-order valence-electron chi connectivity index (χ0n) is 11.8. The first kappa shape index (κ1) is 16.0. The van der Waals surface area contributed by atoms with Gasteiger partial charge in [0.2, 0.25) is 0 Å². The molecule has 1 aromatic heterocycles. The van der Waals surface area contributed by atoms with Gasteiger partial charge in [-0.15, -0.1) is 11.3 Å². The van der Waals surface area contributed by atoms with Gasteiger partial charge in [-0.25, -0.2) is 4.79 Å². The Morgan fingerprint density at radius 2 is 2.16 bits per heavy atom. The summed E-state index contributed by atoms with van der Waals surface area (Å²) in [7, 11) is 0. The maximum absolute atomic E-state index is 11.7. The molecule has 0 spiro atoms. The summed E-state index contributed by atoms with van der Waals surface area (Å²) in [6.45, 7) is 6.81. The van der Waals surface area contributed by atoms with E-state index in [1.165, 1.54) is 4.88 Å². The van der Waals surface area contributed by atoms with E-state index in [0.29, 0.717) is 18.4 Å². The fraction of sp³-hybridized carbons (Fsp3) is 0.643. The highest BCUT2D eigenvalue weighted by molar-refractivity contribution is 7.10. The van der Waals surface area contributed by atoms with Crippen LogP contribution in [-0.4, -0.2) is 30.3 Å². The maximum atomic E-state index is 11.7. The van der Waals surface area contributed by atoms with E-state index >= 15 is 0 Å². The van der Waals surface area contributed by atoms with Crippen molar-refractivity contribution in [1.29, 1.82) is 0 Å². The average molecular weight is 284 g/mol. The number of thiophene rings is 1. The lowest BCUT2D eigenvalue weighted by atomic mass is 10.0. The van der Waals surface area contributed by atoms with Gasteiger partial charge in [0, 0.05) is 17.3 Å². The van der Waals surface area contributed by atoms with Gasteiger partial charge in [-0.05, 0) is 23.8 Å². The molecule has 0 saturated carbocycles. The number of carbonyl (C=O) groups excluding carboxylic acids is 1. The molecule has 0 aliphatic carbocycles. The number of hydrogen-bond donors (Lipinski definition) is 3. The topological polar surface area (TPSA) is 61.4 Å². The zero-order chi connectivity index (χ0) is 14.3. The minimum atomic E-state index is -0.205. The number of carbonyl (C=O) groups is 1. The van der Waals surface area contributed by atoms with Crippen LogP contribution >= 0.6 is 11.3 Å². The van der Waals surface area contributed by atoms with Crippen LogP contribution in [0.5, 0.6) is 0 Å². The fourth-order valence-electron chi connectivity index (χ4n) is 1.90. The molecule has 0 bridgehead atoms. The summed E-state index contributed by atoms with van der Waals surface area (Å²) in [5.74, 6) is 0.755. The maximum Gasteiger partial charge on any atom is 0.315 e. The van der Waals surface area contributed by atoms with Gasteiger partial charge in [-0.3, -0.25) is 0 Å². The van der Waals surface area contributed by atoms with Gasteiger partial charge in [0.05, 0.1) is 12.6 Å². The number of aliphatic hydroxyl groups excluding tert-OH is 1. The van der Waals surface area contributed by atoms with E-state index in [9.17, 15) is 9.90 Å². The molecule has 3 N–H and O–H groups in total. The molecule has 0 radical (unpaired) electrons. The second-order valence-corrected chi connectivity index (χ2v) is 6.26. The number of aliphatic hydroxyl groups is 1. The Morgan fingerprint density at radius 3 is 2.68 bits per heavy atom. The molecule has 0 aromatic carbocycles. The van der Waals surface area contributed by atoms with Crippen molar-refractivity contribution < 1.29 is 9.90 Å². The molecule has 0 saturated heterocycles. The van der Waals surface area contributed by atoms with Crippen LogP contribution in [0.3, 0.4) is 0 Å². The summed E-state index contributed by atoms with van der Waals surface area (Å²) in [6, 6.07) is 3.71. The number of rotatable bonds is 7. The third-order valence-electron chi connectivity index (χ3n) is 2.91. The summed E-state index contributed by atoms with van der Waals surface area (Å²) >= 11 is 1.70. The summed E-state index contributed by atoms with van der Waals surface area (Å²) in [5.41, 5.74) is 0. The molecule has 0 aliphatic heterocycles. The van der Waals surface area contributed by atoms with Crippen molar-refractivity contribution in [1.82, 2.24) is 10.6 Å². The third kappa shape index (κ3) is 6.07. The molecule has 1 heterocycles. The van der Waals surface area contributed by atoms with Crippen LogP contribution < -0.4 is 10.6 Å². The molecule has 1 rings (SSSR count). The molecule has 0 unspecified atom stereocenters. The Balaban J connectivity index is 2.30. The van der Waals surface area contributed by atoms with Gasteiger partial charge in [-0.1, -0.05) is 26.8 Å². The SMILES string of the molecule is CC(C)C[C@@H](CO)NC(=O)NC[C@H](C)c1cccs1. The van der Waals surface area contributed by atoms with Gasteiger partial charge in [-0.2, -0.15) is 0 Å². The minimum Gasteiger partial charge on any atom is -0.394 e. The molecule has 0 fully saturated rings. The minimum absolute atomic E-state index is 0.0217. The van der Waals surface area contributed by atoms with Crippen LogP contribution in [0.15, 0.2) is 17.5 Å². The van der Waals surface area contributed by atoms with Crippen molar-refractivity contribution in [2.75, 3.05) is 13.2 Å². The average Bonchev–Trinajstić information content (AvgIpc) is 2.88. The highest BCUT2D eigenvalue weighted by atomic mass is 32.1. The first-order valence-corrected chi connectivity index (χ1v) is 7.59. The summed E-state index contributed by atoms with van der Waals surface area (Å²) in [4.78, 5) is 13.0. The largest absolute Gasteiger partial charge is 0.394 e. The molecular formula is C14H24N2O2S. The van der Waals surface area contributed by atoms with Crippen molar-refractivity contribution >= 4 is 17.4 Å². The highest BCUT2D eigenvalue weighted by Gasteiger charge is 2.14. The zero-order valence-corrected chi connectivity index (χ0v) is 12.7. The van der Waals surface area contributed by atoms with Gasteiger partial charge < -0.3 is 15.7 Å². The van der Waals surface area contributed by atoms with E-state index in [1.807, 2.05) is 11.4 Å². The van der Waals surface area contributed by atoms with Crippen LogP contribution in [0, 0.1) is 5.92 Å². The van der Waals surface area contributed by atoms with Crippen LogP contribution in [-0.2, 0) is 0 Å². The van der Waals surface area contributed by atoms with E-state index in [-0.39, 0.29) is 18.7 Å². The molecule has 108 valence electrons. The first-order valence-electron chi connectivity index (χ1n) is 6.71. The van der Waals surface area contributed by atoms with Crippen molar-refractivity contribution in [2.45, 2.75) is 39.2 Å². The first-order chi connectivity index (χ1) is 9.02. The second kappa shape index (κ2) is 8.17. The summed E-state index contributed by atoms with van der Waals surface area (Å²) < 4.78 is 0. The Hall–Kier alpha value is -1.07. The van der Waals surface area contributed by atoms with E-state index in [0.717, 1.165) is 6.42 Å². The third-order valence-corrected chi connectivity index (χ3v) is 4.01. The molecular weight excluding hydrogens is 260 g/mol. The van der Waals surface area contributed by atoms with E-state index in [1.54, 1.807) is 11.3 Å². The van der Waals surface area contributed by atoms with Crippen LogP contribution in [0.1, 0.15) is 38.0 Å². The van der Waals surface area contributed by atoms with Gasteiger partial charge in [0.1, 0.15) is 0 Å². The normalized spacial score (nSPS) is 14.2. The predicted octanol–water partition coefficient (Wildman–Crippen LogP) is 2.56. The van der Waals surface area contributed by atoms with Gasteiger partial charge in [0.15, 0.2) is 0 Å². The Bertz CT molecular complexity index is 366. The van der Waals surface area contributed by atoms with Gasteiger partial charge in [0.25, 0.3) is 0 Å². The van der Waals surface area contributed by atoms with E-state index in [2.05, 4.69) is 37.5 Å². The van der Waals surface area contributed by atoms with Crippen LogP contribution in [0.25, 0.3) is 0 Å². The molecule has 19 heavy (non-hydrogen) atoms. The van der Waals surface area contributed by atoms with Crippen LogP contribution in [0.4, 0.5) is 4.79 Å². The predicted molar refractivity (Wildman–Crippen MR) is 79.6 cm³/mol. The molecule has 0 aliphatic rings. The number of amides is 2. The summed E-state index contributed by atoms with van der Waals surface area (Å²) in [5, 5.41) is 16.9. The molecule has 2 amide bonds. The number of urea groups is 1. The Labute approximate surface area is 119 Å². The molecule has 4 nitrogen and oxygen atoms in total. The number of hydrogen-bond acceptors (Lipinski definition) is 3. The van der Waals surface area contributed by atoms with Crippen molar-refractivity contribution in [3.05, 3.63) is 22.4 Å². The standard InChI is InChI=1S/C14H24N2O2S/c1-10(2)7-12(9-17)16-14(18)15-8-11(3)13-5-4-6-19-13/h4-6,10-12,17H,7-9H2,1-3H3,(H2,15,16,18)/t11-,12-/m0/s1. The highest BCUT2D eigenvalue weighted by Crippen LogP contribution is 2.19. The Morgan fingerprint density at radius 1 is 1.42 bits per heavy atom. The lowest BCUT2D eigenvalue weighted by molar-refractivity contribution is 0.206. The number of nitrogens with one attached hydrogen (secondary N) is 2.